The minimum atomic E-state index is 0.396. The van der Waals surface area contributed by atoms with Crippen molar-refractivity contribution in [2.75, 3.05) is 6.61 Å². The van der Waals surface area contributed by atoms with Crippen LogP contribution in [0.15, 0.2) is 5.28 Å². The van der Waals surface area contributed by atoms with Crippen molar-refractivity contribution < 1.29 is 9.53 Å². The molecular weight excluding hydrogens is 164 g/mol. The molecular formula is C10H23N2O+. The average Bonchev–Trinajstić information content (AvgIpc) is 1.95. The predicted octanol–water partition coefficient (Wildman–Crippen LogP) is 2.86. The summed E-state index contributed by atoms with van der Waals surface area (Å²) in [5, 5.41) is 4.10. The monoisotopic (exact) mass is 187 g/mol. The van der Waals surface area contributed by atoms with Crippen LogP contribution >= 0.6 is 0 Å². The van der Waals surface area contributed by atoms with E-state index >= 15 is 0 Å². The molecule has 3 heteroatoms. The Bertz CT molecular complexity index is 152. The van der Waals surface area contributed by atoms with Gasteiger partial charge in [-0.2, -0.15) is 0 Å². The number of nitrogens with zero attached hydrogens (tertiary/aromatic N) is 2. The number of hydrogen-bond acceptors (Lipinski definition) is 2. The Morgan fingerprint density at radius 3 is 1.77 bits per heavy atom. The van der Waals surface area contributed by atoms with E-state index < -0.39 is 0 Å². The molecule has 0 rings (SSSR count). The van der Waals surface area contributed by atoms with Crippen LogP contribution in [0.1, 0.15) is 41.5 Å². The molecule has 78 valence electrons. The molecule has 0 saturated heterocycles. The SMILES string of the molecule is CC(C)CON=[N+](C(C)C)C(C)C. The quantitative estimate of drug-likeness (QED) is 0.369. The third-order valence-corrected chi connectivity index (χ3v) is 1.62. The maximum absolute atomic E-state index is 5.23. The van der Waals surface area contributed by atoms with Crippen LogP contribution in [0.4, 0.5) is 0 Å². The summed E-state index contributed by atoms with van der Waals surface area (Å²) in [6, 6.07) is 0.791. The van der Waals surface area contributed by atoms with E-state index in [0.29, 0.717) is 24.6 Å². The molecule has 0 aromatic rings. The first-order valence-corrected chi connectivity index (χ1v) is 5.06. The number of rotatable bonds is 5. The Morgan fingerprint density at radius 2 is 1.46 bits per heavy atom. The van der Waals surface area contributed by atoms with Crippen molar-refractivity contribution in [3.05, 3.63) is 0 Å². The van der Waals surface area contributed by atoms with Crippen LogP contribution in [-0.4, -0.2) is 23.4 Å². The maximum atomic E-state index is 5.23. The Kier molecular flexibility index (Phi) is 5.67. The van der Waals surface area contributed by atoms with E-state index in [1.54, 1.807) is 0 Å². The zero-order valence-corrected chi connectivity index (χ0v) is 9.74. The lowest BCUT2D eigenvalue weighted by molar-refractivity contribution is -0.669. The minimum absolute atomic E-state index is 0.396. The first kappa shape index (κ1) is 12.4. The summed E-state index contributed by atoms with van der Waals surface area (Å²) in [7, 11) is 0. The third-order valence-electron chi connectivity index (χ3n) is 1.62. The highest BCUT2D eigenvalue weighted by molar-refractivity contribution is 4.37. The van der Waals surface area contributed by atoms with E-state index in [0.717, 1.165) is 0 Å². The molecule has 0 aliphatic carbocycles. The molecule has 0 bridgehead atoms. The molecule has 0 aromatic heterocycles. The smallest absolute Gasteiger partial charge is 0.187 e. The molecule has 0 radical (unpaired) electrons. The predicted molar refractivity (Wildman–Crippen MR) is 53.8 cm³/mol. The van der Waals surface area contributed by atoms with Gasteiger partial charge in [-0.25, -0.2) is 0 Å². The highest BCUT2D eigenvalue weighted by Crippen LogP contribution is 2.00. The first-order chi connectivity index (χ1) is 5.95. The van der Waals surface area contributed by atoms with Gasteiger partial charge in [0.15, 0.2) is 17.4 Å². The Morgan fingerprint density at radius 1 is 1.00 bits per heavy atom. The maximum Gasteiger partial charge on any atom is 0.187 e. The van der Waals surface area contributed by atoms with Gasteiger partial charge in [0.2, 0.25) is 0 Å². The summed E-state index contributed by atoms with van der Waals surface area (Å²) in [5.74, 6) is 0.532. The van der Waals surface area contributed by atoms with Gasteiger partial charge in [0, 0.05) is 0 Å². The Balaban J connectivity index is 4.05. The van der Waals surface area contributed by atoms with Crippen molar-refractivity contribution >= 4 is 0 Å². The fourth-order valence-electron chi connectivity index (χ4n) is 1.03. The lowest BCUT2D eigenvalue weighted by atomic mass is 10.2. The second-order valence-corrected chi connectivity index (χ2v) is 4.34. The van der Waals surface area contributed by atoms with Gasteiger partial charge in [0.25, 0.3) is 0 Å². The standard InChI is InChI=1S/C10H23N2O/c1-8(2)7-13-11-12(9(3)4)10(5)6/h8-10H,7H2,1-6H3/q+1. The molecule has 0 saturated carbocycles. The summed E-state index contributed by atoms with van der Waals surface area (Å²) < 4.78 is 1.97. The molecule has 0 spiro atoms. The largest absolute Gasteiger partial charge is 0.348 e. The van der Waals surface area contributed by atoms with E-state index in [1.807, 2.05) is 4.70 Å². The molecule has 0 fully saturated rings. The first-order valence-electron chi connectivity index (χ1n) is 5.06. The summed E-state index contributed by atoms with van der Waals surface area (Å²) in [4.78, 5) is 5.23. The topological polar surface area (TPSA) is 24.6 Å². The average molecular weight is 187 g/mol. The van der Waals surface area contributed by atoms with Crippen LogP contribution in [0, 0.1) is 5.92 Å². The second-order valence-electron chi connectivity index (χ2n) is 4.34. The van der Waals surface area contributed by atoms with Crippen LogP contribution in [0.25, 0.3) is 0 Å². The molecule has 0 atom stereocenters. The van der Waals surface area contributed by atoms with Gasteiger partial charge in [0.05, 0.1) is 0 Å². The van der Waals surface area contributed by atoms with Crippen molar-refractivity contribution in [2.24, 2.45) is 11.2 Å². The fraction of sp³-hybridized carbons (Fsp3) is 1.00. The van der Waals surface area contributed by atoms with Gasteiger partial charge in [-0.05, 0) is 33.6 Å². The summed E-state index contributed by atoms with van der Waals surface area (Å²) in [5.41, 5.74) is 0. The highest BCUT2D eigenvalue weighted by atomic mass is 16.6. The lowest BCUT2D eigenvalue weighted by Crippen LogP contribution is -2.26. The van der Waals surface area contributed by atoms with Crippen molar-refractivity contribution in [2.45, 2.75) is 53.6 Å². The third kappa shape index (κ3) is 5.61. The molecule has 0 unspecified atom stereocenters. The molecule has 0 N–H and O–H groups in total. The summed E-state index contributed by atoms with van der Waals surface area (Å²) in [6.07, 6.45) is 0. The van der Waals surface area contributed by atoms with Gasteiger partial charge in [-0.1, -0.05) is 18.5 Å². The molecule has 0 amide bonds. The second kappa shape index (κ2) is 5.95. The fourth-order valence-corrected chi connectivity index (χ4v) is 1.03. The molecule has 0 aromatic carbocycles. The van der Waals surface area contributed by atoms with Gasteiger partial charge in [-0.3, -0.25) is 0 Å². The minimum Gasteiger partial charge on any atom is -0.348 e. The van der Waals surface area contributed by atoms with Gasteiger partial charge in [0.1, 0.15) is 6.61 Å². The lowest BCUT2D eigenvalue weighted by Gasteiger charge is -2.07. The number of hydrogen-bond donors (Lipinski definition) is 0. The van der Waals surface area contributed by atoms with E-state index in [4.69, 9.17) is 4.84 Å². The van der Waals surface area contributed by atoms with E-state index in [2.05, 4.69) is 46.8 Å². The molecule has 13 heavy (non-hydrogen) atoms. The normalized spacial score (nSPS) is 11.2. The summed E-state index contributed by atoms with van der Waals surface area (Å²) in [6.45, 7) is 13.4. The summed E-state index contributed by atoms with van der Waals surface area (Å²) >= 11 is 0. The zero-order chi connectivity index (χ0) is 10.4. The molecule has 3 nitrogen and oxygen atoms in total. The van der Waals surface area contributed by atoms with Crippen LogP contribution in [-0.2, 0) is 4.84 Å². The van der Waals surface area contributed by atoms with Gasteiger partial charge in [-0.15, -0.1) is 0 Å². The highest BCUT2D eigenvalue weighted by Gasteiger charge is 2.17. The van der Waals surface area contributed by atoms with Gasteiger partial charge >= 0.3 is 0 Å². The van der Waals surface area contributed by atoms with Crippen molar-refractivity contribution in [1.82, 2.24) is 0 Å². The van der Waals surface area contributed by atoms with Crippen LogP contribution in [0.5, 0.6) is 0 Å². The van der Waals surface area contributed by atoms with Crippen molar-refractivity contribution in [3.8, 4) is 0 Å². The van der Waals surface area contributed by atoms with Crippen molar-refractivity contribution in [1.29, 1.82) is 0 Å². The van der Waals surface area contributed by atoms with Gasteiger partial charge < -0.3 is 4.84 Å². The van der Waals surface area contributed by atoms with E-state index in [-0.39, 0.29) is 0 Å². The van der Waals surface area contributed by atoms with Crippen molar-refractivity contribution in [3.63, 3.8) is 0 Å². The molecule has 0 aliphatic heterocycles. The molecule has 0 aliphatic rings. The Hall–Kier alpha value is -0.600. The van der Waals surface area contributed by atoms with Crippen LogP contribution in [0.3, 0.4) is 0 Å². The van der Waals surface area contributed by atoms with Crippen LogP contribution in [0.2, 0.25) is 0 Å². The van der Waals surface area contributed by atoms with E-state index in [1.165, 1.54) is 0 Å². The Labute approximate surface area is 81.7 Å². The van der Waals surface area contributed by atoms with E-state index in [9.17, 15) is 0 Å². The molecule has 0 heterocycles. The van der Waals surface area contributed by atoms with Crippen LogP contribution < -0.4 is 0 Å². The zero-order valence-electron chi connectivity index (χ0n) is 9.74.